The molecule has 3 heterocycles. The molecule has 0 radical (unpaired) electrons. The highest BCUT2D eigenvalue weighted by Crippen LogP contribution is 2.41. The molecule has 0 bridgehead atoms. The smallest absolute Gasteiger partial charge is 0.407 e. The van der Waals surface area contributed by atoms with Crippen molar-refractivity contribution in [3.63, 3.8) is 0 Å². The maximum Gasteiger partial charge on any atom is 0.407 e. The van der Waals surface area contributed by atoms with E-state index in [1.54, 1.807) is 57.2 Å². The third-order valence-corrected chi connectivity index (χ3v) is 11.9. The lowest BCUT2D eigenvalue weighted by Gasteiger charge is -2.38. The summed E-state index contributed by atoms with van der Waals surface area (Å²) in [5, 5.41) is 13.6. The van der Waals surface area contributed by atoms with Gasteiger partial charge in [-0.05, 0) is 69.2 Å². The molecule has 0 saturated carbocycles. The SMILES string of the molecule is C=CCOC/C=C/[C@H]1CC(=C)[C@H](CC[C@H]2CC(C)C(=C)C(C[C@@H]3O[C@H](CC(O)CNC(=O)OC(C)(C)C)[C@H](OC)C3CS(=O)(=O)c3ccccc3)O2)O1. The standard InChI is InChI=1S/C41H61NO10S/c1-9-19-48-20-13-14-31-22-28(3)35(49-31)18-17-32-21-27(2)29(4)36(50-32)24-37-34(26-53(45,46)33-15-11-10-12-16-33)39(47-8)38(51-37)23-30(43)25-42-40(44)52-41(5,6)7/h9-16,27,30-32,34-39,43H,1,3-4,17-26H2,2,5-8H3,(H,42,44)/b14-13+/t27?,30?,31-,32-,34?,35-,36?,37-,38+,39+/m0/s1. The molecule has 10 atom stereocenters. The van der Waals surface area contributed by atoms with E-state index >= 15 is 0 Å². The fourth-order valence-corrected chi connectivity index (χ4v) is 9.10. The minimum absolute atomic E-state index is 0.0320. The average molecular weight is 760 g/mol. The van der Waals surface area contributed by atoms with Gasteiger partial charge in [0.2, 0.25) is 0 Å². The number of nitrogens with one attached hydrogen (secondary N) is 1. The summed E-state index contributed by atoms with van der Waals surface area (Å²) < 4.78 is 63.7. The van der Waals surface area contributed by atoms with Crippen molar-refractivity contribution in [1.82, 2.24) is 5.32 Å². The van der Waals surface area contributed by atoms with Gasteiger partial charge in [-0.25, -0.2) is 13.2 Å². The molecule has 3 aliphatic rings. The van der Waals surface area contributed by atoms with Crippen molar-refractivity contribution >= 4 is 15.9 Å². The zero-order valence-corrected chi connectivity index (χ0v) is 32.9. The fourth-order valence-electron chi connectivity index (χ4n) is 7.42. The van der Waals surface area contributed by atoms with Gasteiger partial charge in [-0.15, -0.1) is 6.58 Å². The van der Waals surface area contributed by atoms with Gasteiger partial charge in [-0.2, -0.15) is 0 Å². The normalized spacial score (nSPS) is 30.1. The number of benzene rings is 1. The molecule has 2 N–H and O–H groups in total. The summed E-state index contributed by atoms with van der Waals surface area (Å²) in [6.45, 7) is 20.7. The predicted molar refractivity (Wildman–Crippen MR) is 204 cm³/mol. The van der Waals surface area contributed by atoms with Crippen LogP contribution in [0.4, 0.5) is 4.79 Å². The van der Waals surface area contributed by atoms with Crippen LogP contribution in [0, 0.1) is 11.8 Å². The maximum atomic E-state index is 13.7. The summed E-state index contributed by atoms with van der Waals surface area (Å²) in [4.78, 5) is 12.5. The van der Waals surface area contributed by atoms with Crippen LogP contribution in [0.2, 0.25) is 0 Å². The van der Waals surface area contributed by atoms with Gasteiger partial charge in [0.25, 0.3) is 0 Å². The molecule has 3 aliphatic heterocycles. The lowest BCUT2D eigenvalue weighted by atomic mass is 9.83. The molecule has 1 aromatic carbocycles. The quantitative estimate of drug-likeness (QED) is 0.133. The molecule has 0 aliphatic carbocycles. The summed E-state index contributed by atoms with van der Waals surface area (Å²) in [6.07, 6.45) is 5.34. The van der Waals surface area contributed by atoms with E-state index in [9.17, 15) is 18.3 Å². The van der Waals surface area contributed by atoms with E-state index in [2.05, 4.69) is 32.0 Å². The molecule has 0 spiro atoms. The average Bonchev–Trinajstić information content (AvgIpc) is 3.61. The van der Waals surface area contributed by atoms with Crippen LogP contribution in [0.1, 0.15) is 66.2 Å². The Kier molecular flexibility index (Phi) is 15.9. The Morgan fingerprint density at radius 2 is 1.81 bits per heavy atom. The topological polar surface area (TPSA) is 139 Å². The van der Waals surface area contributed by atoms with Crippen molar-refractivity contribution in [3.8, 4) is 0 Å². The first-order chi connectivity index (χ1) is 25.1. The highest BCUT2D eigenvalue weighted by molar-refractivity contribution is 7.91. The lowest BCUT2D eigenvalue weighted by molar-refractivity contribution is -0.0769. The van der Waals surface area contributed by atoms with Crippen molar-refractivity contribution in [2.45, 2.75) is 126 Å². The molecule has 1 aromatic rings. The van der Waals surface area contributed by atoms with Gasteiger partial charge in [0, 0.05) is 38.8 Å². The van der Waals surface area contributed by atoms with E-state index in [4.69, 9.17) is 28.4 Å². The molecular formula is C41H61NO10S. The number of ether oxygens (including phenoxy) is 6. The molecule has 3 fully saturated rings. The summed E-state index contributed by atoms with van der Waals surface area (Å²) in [6, 6.07) is 8.35. The van der Waals surface area contributed by atoms with E-state index in [0.717, 1.165) is 36.8 Å². The first kappa shape index (κ1) is 42.9. The van der Waals surface area contributed by atoms with Gasteiger partial charge in [-0.3, -0.25) is 0 Å². The summed E-state index contributed by atoms with van der Waals surface area (Å²) in [5.41, 5.74) is 1.33. The molecule has 11 nitrogen and oxygen atoms in total. The molecule has 0 aromatic heterocycles. The molecule has 53 heavy (non-hydrogen) atoms. The number of aliphatic hydroxyl groups is 1. The largest absolute Gasteiger partial charge is 0.444 e. The highest BCUT2D eigenvalue weighted by atomic mass is 32.2. The first-order valence-electron chi connectivity index (χ1n) is 18.7. The van der Waals surface area contributed by atoms with Gasteiger partial charge in [-0.1, -0.05) is 56.5 Å². The summed E-state index contributed by atoms with van der Waals surface area (Å²) >= 11 is 0. The Labute approximate surface area is 316 Å². The van der Waals surface area contributed by atoms with Crippen molar-refractivity contribution < 1.29 is 46.7 Å². The number of hydrogen-bond acceptors (Lipinski definition) is 10. The number of carbonyl (C=O) groups excluding carboxylic acids is 1. The molecule has 4 unspecified atom stereocenters. The van der Waals surface area contributed by atoms with Gasteiger partial charge >= 0.3 is 6.09 Å². The Hall–Kier alpha value is -2.84. The maximum absolute atomic E-state index is 13.7. The Morgan fingerprint density at radius 3 is 2.49 bits per heavy atom. The molecule has 296 valence electrons. The van der Waals surface area contributed by atoms with E-state index in [0.29, 0.717) is 19.6 Å². The van der Waals surface area contributed by atoms with E-state index in [1.165, 1.54) is 7.11 Å². The third kappa shape index (κ3) is 12.9. The fraction of sp³-hybridized carbons (Fsp3) is 0.634. The summed E-state index contributed by atoms with van der Waals surface area (Å²) in [7, 11) is -2.19. The second-order valence-corrected chi connectivity index (χ2v) is 17.5. The van der Waals surface area contributed by atoms with Gasteiger partial charge in [0.1, 0.15) is 5.60 Å². The van der Waals surface area contributed by atoms with Crippen LogP contribution >= 0.6 is 0 Å². The van der Waals surface area contributed by atoms with Gasteiger partial charge in [0.15, 0.2) is 9.84 Å². The number of hydrogen-bond donors (Lipinski definition) is 2. The summed E-state index contributed by atoms with van der Waals surface area (Å²) in [5.74, 6) is -0.589. The molecule has 12 heteroatoms. The number of sulfone groups is 1. The van der Waals surface area contributed by atoms with E-state index in [1.807, 2.05) is 12.2 Å². The first-order valence-corrected chi connectivity index (χ1v) is 20.4. The van der Waals surface area contributed by atoms with Crippen LogP contribution in [0.15, 0.2) is 84.3 Å². The minimum atomic E-state index is -3.72. The van der Waals surface area contributed by atoms with Crippen LogP contribution < -0.4 is 5.32 Å². The van der Waals surface area contributed by atoms with Crippen molar-refractivity contribution in [1.29, 1.82) is 0 Å². The second kappa shape index (κ2) is 19.7. The van der Waals surface area contributed by atoms with Crippen LogP contribution in [-0.2, 0) is 38.3 Å². The minimum Gasteiger partial charge on any atom is -0.444 e. The highest BCUT2D eigenvalue weighted by Gasteiger charge is 2.49. The van der Waals surface area contributed by atoms with Gasteiger partial charge < -0.3 is 38.8 Å². The number of methoxy groups -OCH3 is 1. The Bertz CT molecular complexity index is 1510. The Morgan fingerprint density at radius 1 is 1.08 bits per heavy atom. The van der Waals surface area contributed by atoms with Crippen LogP contribution in [0.3, 0.4) is 0 Å². The van der Waals surface area contributed by atoms with Crippen molar-refractivity contribution in [2.75, 3.05) is 32.6 Å². The molecular weight excluding hydrogens is 699 g/mol. The number of rotatable bonds is 18. The predicted octanol–water partition coefficient (Wildman–Crippen LogP) is 6.13. The number of aliphatic hydroxyl groups excluding tert-OH is 1. The second-order valence-electron chi connectivity index (χ2n) is 15.5. The van der Waals surface area contributed by atoms with Crippen LogP contribution in [0.25, 0.3) is 0 Å². The van der Waals surface area contributed by atoms with E-state index in [-0.39, 0.29) is 53.9 Å². The zero-order valence-electron chi connectivity index (χ0n) is 32.1. The molecule has 1 amide bonds. The lowest BCUT2D eigenvalue weighted by Crippen LogP contribution is -2.41. The molecule has 4 rings (SSSR count). The van der Waals surface area contributed by atoms with Crippen LogP contribution in [0.5, 0.6) is 0 Å². The molecule has 3 saturated heterocycles. The monoisotopic (exact) mass is 759 g/mol. The van der Waals surface area contributed by atoms with E-state index < -0.39 is 51.9 Å². The Balaban J connectivity index is 1.43. The van der Waals surface area contributed by atoms with Crippen molar-refractivity contribution in [2.24, 2.45) is 11.8 Å². The third-order valence-electron chi connectivity index (χ3n) is 10.1. The van der Waals surface area contributed by atoms with Gasteiger partial charge in [0.05, 0.1) is 72.7 Å². The zero-order chi connectivity index (χ0) is 38.8. The number of alkyl carbamates (subject to hydrolysis) is 1. The van der Waals surface area contributed by atoms with Crippen molar-refractivity contribution in [3.05, 3.63) is 79.4 Å². The van der Waals surface area contributed by atoms with Crippen LogP contribution in [-0.4, -0.2) is 107 Å². The number of amides is 1. The number of carbonyl (C=O) groups is 1.